The number of ether oxygens (including phenoxy) is 1. The van der Waals surface area contributed by atoms with Crippen LogP contribution in [0.4, 0.5) is 0 Å². The maximum absolute atomic E-state index is 5.92. The topological polar surface area (TPSA) is 47.0 Å². The van der Waals surface area contributed by atoms with Gasteiger partial charge in [0, 0.05) is 12.6 Å². The first-order chi connectivity index (χ1) is 8.72. The summed E-state index contributed by atoms with van der Waals surface area (Å²) in [6.45, 7) is 5.93. The van der Waals surface area contributed by atoms with E-state index in [0.717, 1.165) is 47.7 Å². The Morgan fingerprint density at radius 1 is 1.17 bits per heavy atom. The summed E-state index contributed by atoms with van der Waals surface area (Å²) in [6.07, 6.45) is 1.35. The van der Waals surface area contributed by atoms with E-state index in [-0.39, 0.29) is 6.10 Å². The predicted octanol–water partition coefficient (Wildman–Crippen LogP) is 1.99. The highest BCUT2D eigenvalue weighted by atomic mass is 16.5. The van der Waals surface area contributed by atoms with Gasteiger partial charge in [0.15, 0.2) is 0 Å². The van der Waals surface area contributed by atoms with Crippen molar-refractivity contribution < 1.29 is 4.74 Å². The van der Waals surface area contributed by atoms with Crippen molar-refractivity contribution in [3.8, 4) is 5.75 Å². The van der Waals surface area contributed by atoms with E-state index >= 15 is 0 Å². The molecular formula is C14H17N3O. The number of nitrogens with zero attached hydrogens (tertiary/aromatic N) is 2. The van der Waals surface area contributed by atoms with Crippen LogP contribution in [0.5, 0.6) is 5.75 Å². The second kappa shape index (κ2) is 4.53. The average Bonchev–Trinajstić information content (AvgIpc) is 2.84. The molecule has 2 aromatic rings. The Morgan fingerprint density at radius 2 is 1.94 bits per heavy atom. The van der Waals surface area contributed by atoms with Crippen LogP contribution in [0.1, 0.15) is 17.8 Å². The Morgan fingerprint density at radius 3 is 2.67 bits per heavy atom. The lowest BCUT2D eigenvalue weighted by atomic mass is 10.2. The van der Waals surface area contributed by atoms with Gasteiger partial charge in [-0.15, -0.1) is 0 Å². The van der Waals surface area contributed by atoms with Gasteiger partial charge in [-0.1, -0.05) is 0 Å². The second-order valence-electron chi connectivity index (χ2n) is 4.78. The molecule has 4 heteroatoms. The minimum atomic E-state index is 0.280. The van der Waals surface area contributed by atoms with Crippen LogP contribution in [0.25, 0.3) is 11.0 Å². The van der Waals surface area contributed by atoms with Crippen LogP contribution in [0, 0.1) is 13.8 Å². The Kier molecular flexibility index (Phi) is 2.88. The molecule has 3 rings (SSSR count). The van der Waals surface area contributed by atoms with Crippen molar-refractivity contribution in [3.63, 3.8) is 0 Å². The minimum Gasteiger partial charge on any atom is -0.489 e. The van der Waals surface area contributed by atoms with Crippen LogP contribution >= 0.6 is 0 Å². The zero-order valence-corrected chi connectivity index (χ0v) is 10.7. The Labute approximate surface area is 106 Å². The van der Waals surface area contributed by atoms with Crippen molar-refractivity contribution in [1.29, 1.82) is 0 Å². The maximum atomic E-state index is 5.92. The smallest absolute Gasteiger partial charge is 0.122 e. The van der Waals surface area contributed by atoms with E-state index < -0.39 is 0 Å². The third-order valence-corrected chi connectivity index (χ3v) is 3.36. The van der Waals surface area contributed by atoms with Crippen LogP contribution in [-0.2, 0) is 0 Å². The van der Waals surface area contributed by atoms with Gasteiger partial charge in [-0.05, 0) is 38.9 Å². The highest BCUT2D eigenvalue weighted by molar-refractivity contribution is 5.76. The van der Waals surface area contributed by atoms with Crippen LogP contribution in [0.2, 0.25) is 0 Å². The van der Waals surface area contributed by atoms with Crippen molar-refractivity contribution in [2.24, 2.45) is 0 Å². The van der Waals surface area contributed by atoms with E-state index in [9.17, 15) is 0 Å². The number of fused-ring (bicyclic) bond motifs is 1. The quantitative estimate of drug-likeness (QED) is 0.876. The normalized spacial score (nSPS) is 19.3. The van der Waals surface area contributed by atoms with Crippen molar-refractivity contribution in [2.75, 3.05) is 13.1 Å². The molecule has 1 aromatic heterocycles. The molecule has 0 bridgehead atoms. The number of hydrogen-bond donors (Lipinski definition) is 1. The summed E-state index contributed by atoms with van der Waals surface area (Å²) >= 11 is 0. The molecule has 1 atom stereocenters. The Balaban J connectivity index is 1.92. The lowest BCUT2D eigenvalue weighted by molar-refractivity contribution is 0.223. The molecule has 1 aromatic carbocycles. The first-order valence-electron chi connectivity index (χ1n) is 6.35. The second-order valence-corrected chi connectivity index (χ2v) is 4.78. The number of hydrogen-bond acceptors (Lipinski definition) is 4. The number of benzene rings is 1. The lowest BCUT2D eigenvalue weighted by Crippen LogP contribution is -2.19. The zero-order valence-electron chi connectivity index (χ0n) is 10.7. The third kappa shape index (κ3) is 2.16. The number of rotatable bonds is 2. The molecule has 1 N–H and O–H groups in total. The van der Waals surface area contributed by atoms with E-state index in [4.69, 9.17) is 4.74 Å². The minimum absolute atomic E-state index is 0.280. The lowest BCUT2D eigenvalue weighted by Gasteiger charge is -2.12. The summed E-state index contributed by atoms with van der Waals surface area (Å²) in [6, 6.07) is 5.93. The van der Waals surface area contributed by atoms with Crippen molar-refractivity contribution >= 4 is 11.0 Å². The monoisotopic (exact) mass is 243 g/mol. The van der Waals surface area contributed by atoms with E-state index in [1.54, 1.807) is 0 Å². The molecule has 1 fully saturated rings. The van der Waals surface area contributed by atoms with E-state index in [2.05, 4.69) is 15.3 Å². The zero-order chi connectivity index (χ0) is 12.5. The molecule has 18 heavy (non-hydrogen) atoms. The molecule has 1 aliphatic rings. The molecule has 0 aliphatic carbocycles. The van der Waals surface area contributed by atoms with Crippen LogP contribution in [0.15, 0.2) is 18.2 Å². The van der Waals surface area contributed by atoms with Gasteiger partial charge in [-0.3, -0.25) is 0 Å². The molecule has 4 nitrogen and oxygen atoms in total. The number of aryl methyl sites for hydroxylation is 2. The third-order valence-electron chi connectivity index (χ3n) is 3.36. The molecule has 0 radical (unpaired) electrons. The van der Waals surface area contributed by atoms with Crippen molar-refractivity contribution in [1.82, 2.24) is 15.3 Å². The van der Waals surface area contributed by atoms with Gasteiger partial charge in [-0.2, -0.15) is 0 Å². The van der Waals surface area contributed by atoms with E-state index in [1.165, 1.54) is 0 Å². The Bertz CT molecular complexity index is 577. The summed E-state index contributed by atoms with van der Waals surface area (Å²) in [5, 5.41) is 3.29. The summed E-state index contributed by atoms with van der Waals surface area (Å²) in [5.41, 5.74) is 3.79. The van der Waals surface area contributed by atoms with Gasteiger partial charge in [0.05, 0.1) is 22.4 Å². The van der Waals surface area contributed by atoms with Crippen LogP contribution in [-0.4, -0.2) is 29.2 Å². The fourth-order valence-corrected chi connectivity index (χ4v) is 2.21. The summed E-state index contributed by atoms with van der Waals surface area (Å²) in [5.74, 6) is 0.883. The summed E-state index contributed by atoms with van der Waals surface area (Å²) in [7, 11) is 0. The fraction of sp³-hybridized carbons (Fsp3) is 0.429. The van der Waals surface area contributed by atoms with Crippen LogP contribution < -0.4 is 10.1 Å². The first-order valence-corrected chi connectivity index (χ1v) is 6.35. The SMILES string of the molecule is Cc1nc2ccc(OC3CCNC3)cc2nc1C. The van der Waals surface area contributed by atoms with Gasteiger partial charge in [0.2, 0.25) is 0 Å². The molecule has 1 unspecified atom stereocenters. The summed E-state index contributed by atoms with van der Waals surface area (Å²) < 4.78 is 5.92. The average molecular weight is 243 g/mol. The number of aromatic nitrogens is 2. The highest BCUT2D eigenvalue weighted by Gasteiger charge is 2.16. The van der Waals surface area contributed by atoms with Crippen molar-refractivity contribution in [2.45, 2.75) is 26.4 Å². The summed E-state index contributed by atoms with van der Waals surface area (Å²) in [4.78, 5) is 9.07. The molecule has 0 saturated carbocycles. The van der Waals surface area contributed by atoms with Crippen molar-refractivity contribution in [3.05, 3.63) is 29.6 Å². The Hall–Kier alpha value is -1.68. The van der Waals surface area contributed by atoms with Gasteiger partial charge in [0.1, 0.15) is 11.9 Å². The van der Waals surface area contributed by atoms with Gasteiger partial charge < -0.3 is 10.1 Å². The first kappa shape index (κ1) is 11.4. The number of nitrogens with one attached hydrogen (secondary N) is 1. The standard InChI is InChI=1S/C14H17N3O/c1-9-10(2)17-14-7-11(3-4-13(14)16-9)18-12-5-6-15-8-12/h3-4,7,12,15H,5-6,8H2,1-2H3. The molecule has 2 heterocycles. The molecule has 1 saturated heterocycles. The molecular weight excluding hydrogens is 226 g/mol. The predicted molar refractivity (Wildman–Crippen MR) is 70.9 cm³/mol. The van der Waals surface area contributed by atoms with E-state index in [1.807, 2.05) is 32.0 Å². The van der Waals surface area contributed by atoms with E-state index in [0.29, 0.717) is 0 Å². The van der Waals surface area contributed by atoms with Crippen LogP contribution in [0.3, 0.4) is 0 Å². The molecule has 1 aliphatic heterocycles. The highest BCUT2D eigenvalue weighted by Crippen LogP contribution is 2.21. The van der Waals surface area contributed by atoms with Gasteiger partial charge in [0.25, 0.3) is 0 Å². The van der Waals surface area contributed by atoms with Gasteiger partial charge in [-0.25, -0.2) is 9.97 Å². The van der Waals surface area contributed by atoms with Gasteiger partial charge >= 0.3 is 0 Å². The fourth-order valence-electron chi connectivity index (χ4n) is 2.21. The molecule has 94 valence electrons. The largest absolute Gasteiger partial charge is 0.489 e. The maximum Gasteiger partial charge on any atom is 0.122 e. The molecule has 0 spiro atoms. The molecule has 0 amide bonds.